The van der Waals surface area contributed by atoms with E-state index in [-0.39, 0.29) is 0 Å². The molecule has 0 fully saturated rings. The Bertz CT molecular complexity index is 1590. The molecular formula is C40H34O4. The normalized spacial score (nSPS) is 10.7. The van der Waals surface area contributed by atoms with Gasteiger partial charge in [-0.15, -0.1) is 0 Å². The van der Waals surface area contributed by atoms with Crippen molar-refractivity contribution in [3.63, 3.8) is 0 Å². The number of benzene rings is 6. The molecule has 0 aliphatic heterocycles. The summed E-state index contributed by atoms with van der Waals surface area (Å²) in [6.45, 7) is 0. The smallest absolute Gasteiger partial charge is 0.138 e. The fourth-order valence-electron chi connectivity index (χ4n) is 5.93. The van der Waals surface area contributed by atoms with Crippen molar-refractivity contribution in [2.24, 2.45) is 0 Å². The molecule has 0 unspecified atom stereocenters. The first-order chi connectivity index (χ1) is 21.7. The van der Waals surface area contributed by atoms with Crippen LogP contribution in [0.1, 0.15) is 0 Å². The molecule has 0 heterocycles. The highest BCUT2D eigenvalue weighted by atomic mass is 16.5. The van der Waals surface area contributed by atoms with E-state index < -0.39 is 0 Å². The van der Waals surface area contributed by atoms with E-state index in [4.69, 9.17) is 18.9 Å². The van der Waals surface area contributed by atoms with Gasteiger partial charge < -0.3 is 18.9 Å². The average molecular weight is 579 g/mol. The Hall–Kier alpha value is -5.48. The second kappa shape index (κ2) is 12.8. The quantitative estimate of drug-likeness (QED) is 0.171. The van der Waals surface area contributed by atoms with Gasteiger partial charge in [-0.2, -0.15) is 0 Å². The van der Waals surface area contributed by atoms with Crippen molar-refractivity contribution in [1.29, 1.82) is 0 Å². The first-order valence-electron chi connectivity index (χ1n) is 14.5. The summed E-state index contributed by atoms with van der Waals surface area (Å²) in [4.78, 5) is 0. The highest BCUT2D eigenvalue weighted by molar-refractivity contribution is 6.02. The lowest BCUT2D eigenvalue weighted by Crippen LogP contribution is -2.04. The van der Waals surface area contributed by atoms with E-state index in [0.717, 1.165) is 55.6 Å². The molecule has 0 saturated carbocycles. The topological polar surface area (TPSA) is 36.9 Å². The van der Waals surface area contributed by atoms with Crippen LogP contribution in [0.3, 0.4) is 0 Å². The summed E-state index contributed by atoms with van der Waals surface area (Å²) in [7, 11) is 6.80. The molecule has 6 aromatic carbocycles. The van der Waals surface area contributed by atoms with E-state index in [1.807, 2.05) is 72.8 Å². The van der Waals surface area contributed by atoms with Gasteiger partial charge in [0.15, 0.2) is 0 Å². The van der Waals surface area contributed by atoms with Gasteiger partial charge >= 0.3 is 0 Å². The standard InChI is InChI=1S/C40H34O4/c1-41-37-31(27-17-9-5-10-18-27)25-32(28-19-11-6-12-20-28)38(42-2)35(37)36-39(43-3)33(29-21-13-7-14-22-29)26-34(40(36)44-4)30-23-15-8-16-24-30/h5-26H,1-4H3. The highest BCUT2D eigenvalue weighted by Gasteiger charge is 2.31. The molecule has 0 aliphatic carbocycles. The van der Waals surface area contributed by atoms with Crippen LogP contribution in [-0.2, 0) is 0 Å². The van der Waals surface area contributed by atoms with Crippen molar-refractivity contribution >= 4 is 0 Å². The first kappa shape index (κ1) is 28.6. The van der Waals surface area contributed by atoms with Crippen LogP contribution < -0.4 is 18.9 Å². The Balaban J connectivity index is 1.84. The summed E-state index contributed by atoms with van der Waals surface area (Å²) >= 11 is 0. The van der Waals surface area contributed by atoms with Gasteiger partial charge in [0, 0.05) is 22.3 Å². The average Bonchev–Trinajstić information content (AvgIpc) is 3.11. The number of rotatable bonds is 9. The Morgan fingerprint density at radius 1 is 0.295 bits per heavy atom. The molecule has 0 bridgehead atoms. The summed E-state index contributed by atoms with van der Waals surface area (Å²) < 4.78 is 25.3. The molecule has 6 aromatic rings. The maximum atomic E-state index is 6.32. The fourth-order valence-corrected chi connectivity index (χ4v) is 5.93. The van der Waals surface area contributed by atoms with Crippen LogP contribution in [0, 0.1) is 0 Å². The first-order valence-corrected chi connectivity index (χ1v) is 14.5. The monoisotopic (exact) mass is 578 g/mol. The predicted molar refractivity (Wildman–Crippen MR) is 180 cm³/mol. The van der Waals surface area contributed by atoms with Crippen molar-refractivity contribution in [3.8, 4) is 78.6 Å². The summed E-state index contributed by atoms with van der Waals surface area (Å²) in [5.74, 6) is 2.64. The van der Waals surface area contributed by atoms with Gasteiger partial charge in [0.1, 0.15) is 23.0 Å². The summed E-state index contributed by atoms with van der Waals surface area (Å²) in [6.07, 6.45) is 0. The van der Waals surface area contributed by atoms with Crippen molar-refractivity contribution in [2.45, 2.75) is 0 Å². The van der Waals surface area contributed by atoms with Crippen LogP contribution in [-0.4, -0.2) is 28.4 Å². The molecule has 4 nitrogen and oxygen atoms in total. The van der Waals surface area contributed by atoms with Gasteiger partial charge in [0.25, 0.3) is 0 Å². The lowest BCUT2D eigenvalue weighted by Gasteiger charge is -2.26. The van der Waals surface area contributed by atoms with Gasteiger partial charge in [0.05, 0.1) is 39.6 Å². The van der Waals surface area contributed by atoms with E-state index >= 15 is 0 Å². The van der Waals surface area contributed by atoms with E-state index in [1.165, 1.54) is 0 Å². The minimum atomic E-state index is 0.661. The van der Waals surface area contributed by atoms with Crippen molar-refractivity contribution in [1.82, 2.24) is 0 Å². The Labute approximate surface area is 259 Å². The lowest BCUT2D eigenvalue weighted by atomic mass is 9.86. The van der Waals surface area contributed by atoms with Gasteiger partial charge in [-0.05, 0) is 34.4 Å². The molecule has 0 radical (unpaired) electrons. The van der Waals surface area contributed by atoms with Gasteiger partial charge in [0.2, 0.25) is 0 Å². The van der Waals surface area contributed by atoms with Crippen LogP contribution in [0.15, 0.2) is 133 Å². The predicted octanol–water partition coefficient (Wildman–Crippen LogP) is 10.1. The molecule has 0 spiro atoms. The molecule has 0 aromatic heterocycles. The highest BCUT2D eigenvalue weighted by Crippen LogP contribution is 2.58. The van der Waals surface area contributed by atoms with E-state index in [0.29, 0.717) is 23.0 Å². The molecule has 0 amide bonds. The molecule has 6 rings (SSSR count). The zero-order valence-corrected chi connectivity index (χ0v) is 25.3. The number of ether oxygens (including phenoxy) is 4. The number of methoxy groups -OCH3 is 4. The van der Waals surface area contributed by atoms with Gasteiger partial charge in [-0.25, -0.2) is 0 Å². The van der Waals surface area contributed by atoms with E-state index in [9.17, 15) is 0 Å². The third-order valence-electron chi connectivity index (χ3n) is 7.87. The zero-order valence-electron chi connectivity index (χ0n) is 25.3. The van der Waals surface area contributed by atoms with E-state index in [1.54, 1.807) is 28.4 Å². The van der Waals surface area contributed by atoms with Crippen LogP contribution >= 0.6 is 0 Å². The Morgan fingerprint density at radius 3 is 0.682 bits per heavy atom. The van der Waals surface area contributed by atoms with Gasteiger partial charge in [-0.1, -0.05) is 121 Å². The Morgan fingerprint density at radius 2 is 0.500 bits per heavy atom. The molecule has 218 valence electrons. The molecule has 0 saturated heterocycles. The fraction of sp³-hybridized carbons (Fsp3) is 0.100. The van der Waals surface area contributed by atoms with Crippen molar-refractivity contribution < 1.29 is 18.9 Å². The summed E-state index contributed by atoms with van der Waals surface area (Å²) in [5, 5.41) is 0. The molecule has 0 atom stereocenters. The molecule has 0 aliphatic rings. The van der Waals surface area contributed by atoms with Crippen molar-refractivity contribution in [3.05, 3.63) is 133 Å². The maximum absolute atomic E-state index is 6.32. The minimum absolute atomic E-state index is 0.661. The number of hydrogen-bond acceptors (Lipinski definition) is 4. The van der Waals surface area contributed by atoms with Crippen LogP contribution in [0.25, 0.3) is 55.6 Å². The third-order valence-corrected chi connectivity index (χ3v) is 7.87. The number of hydrogen-bond donors (Lipinski definition) is 0. The summed E-state index contributed by atoms with van der Waals surface area (Å²) in [6, 6.07) is 45.3. The second-order valence-corrected chi connectivity index (χ2v) is 10.3. The second-order valence-electron chi connectivity index (χ2n) is 10.3. The molecule has 4 heteroatoms. The summed E-state index contributed by atoms with van der Waals surface area (Å²) in [5.41, 5.74) is 9.29. The van der Waals surface area contributed by atoms with Crippen LogP contribution in [0.5, 0.6) is 23.0 Å². The lowest BCUT2D eigenvalue weighted by molar-refractivity contribution is 0.388. The molecular weight excluding hydrogens is 544 g/mol. The Kier molecular flexibility index (Phi) is 8.33. The molecule has 0 N–H and O–H groups in total. The zero-order chi connectivity index (χ0) is 30.5. The van der Waals surface area contributed by atoms with Gasteiger partial charge in [-0.3, -0.25) is 0 Å². The van der Waals surface area contributed by atoms with Crippen LogP contribution in [0.4, 0.5) is 0 Å². The molecule has 44 heavy (non-hydrogen) atoms. The van der Waals surface area contributed by atoms with Crippen molar-refractivity contribution in [2.75, 3.05) is 28.4 Å². The minimum Gasteiger partial charge on any atom is -0.495 e. The third kappa shape index (κ3) is 5.16. The van der Waals surface area contributed by atoms with E-state index in [2.05, 4.69) is 60.7 Å². The largest absolute Gasteiger partial charge is 0.495 e. The maximum Gasteiger partial charge on any atom is 0.138 e. The van der Waals surface area contributed by atoms with Crippen LogP contribution in [0.2, 0.25) is 0 Å². The SMILES string of the molecule is COc1c(-c2ccccc2)cc(-c2ccccc2)c(OC)c1-c1c(OC)c(-c2ccccc2)cc(-c2ccccc2)c1OC.